The lowest BCUT2D eigenvalue weighted by Crippen LogP contribution is -2.15. The second-order valence-electron chi connectivity index (χ2n) is 4.45. The number of carbonyl (C=O) groups is 1. The molecule has 0 saturated heterocycles. The Labute approximate surface area is 113 Å². The molecule has 0 aromatic heterocycles. The predicted molar refractivity (Wildman–Crippen MR) is 75.5 cm³/mol. The van der Waals surface area contributed by atoms with Gasteiger partial charge < -0.3 is 10.5 Å². The third-order valence-corrected chi connectivity index (χ3v) is 3.31. The number of carbonyl (C=O) groups excluding carboxylic acids is 1. The molecule has 0 unspecified atom stereocenters. The van der Waals surface area contributed by atoms with Crippen LogP contribution in [0.15, 0.2) is 48.5 Å². The van der Waals surface area contributed by atoms with Gasteiger partial charge in [0.2, 0.25) is 5.91 Å². The maximum absolute atomic E-state index is 11.5. The van der Waals surface area contributed by atoms with E-state index in [2.05, 4.69) is 6.92 Å². The molecule has 0 fully saturated rings. The Morgan fingerprint density at radius 1 is 1.11 bits per heavy atom. The van der Waals surface area contributed by atoms with Crippen molar-refractivity contribution in [2.75, 3.05) is 7.11 Å². The maximum atomic E-state index is 11.5. The van der Waals surface area contributed by atoms with Crippen LogP contribution >= 0.6 is 0 Å². The van der Waals surface area contributed by atoms with E-state index in [1.54, 1.807) is 13.2 Å². The van der Waals surface area contributed by atoms with Crippen LogP contribution in [0.3, 0.4) is 0 Å². The summed E-state index contributed by atoms with van der Waals surface area (Å²) in [6.45, 7) is 2.06. The monoisotopic (exact) mass is 255 g/mol. The Morgan fingerprint density at radius 2 is 1.74 bits per heavy atom. The summed E-state index contributed by atoms with van der Waals surface area (Å²) in [5.74, 6) is 0.532. The largest absolute Gasteiger partial charge is 0.497 e. The highest BCUT2D eigenvalue weighted by atomic mass is 16.5. The van der Waals surface area contributed by atoms with E-state index in [-0.39, 0.29) is 5.92 Å². The molecule has 2 rings (SSSR count). The fourth-order valence-corrected chi connectivity index (χ4v) is 2.17. The van der Waals surface area contributed by atoms with Crippen LogP contribution in [0.1, 0.15) is 34.3 Å². The first-order valence-electron chi connectivity index (χ1n) is 6.16. The molecule has 0 saturated carbocycles. The topological polar surface area (TPSA) is 52.3 Å². The van der Waals surface area contributed by atoms with Gasteiger partial charge in [-0.3, -0.25) is 4.79 Å². The normalized spacial score (nSPS) is 11.9. The van der Waals surface area contributed by atoms with Crippen LogP contribution in [0.5, 0.6) is 5.75 Å². The van der Waals surface area contributed by atoms with Crippen molar-refractivity contribution in [2.45, 2.75) is 12.8 Å². The van der Waals surface area contributed by atoms with Gasteiger partial charge in [0.05, 0.1) is 7.11 Å². The Balaban J connectivity index is 2.37. The SMILES string of the molecule is COc1ccc([C@@H](C)c2ccccc2C(N)=O)cc1. The van der Waals surface area contributed by atoms with Gasteiger partial charge in [-0.15, -0.1) is 0 Å². The zero-order valence-electron chi connectivity index (χ0n) is 11.1. The number of nitrogens with two attached hydrogens (primary N) is 1. The van der Waals surface area contributed by atoms with Crippen LogP contribution < -0.4 is 10.5 Å². The molecule has 2 aromatic carbocycles. The Morgan fingerprint density at radius 3 is 2.32 bits per heavy atom. The summed E-state index contributed by atoms with van der Waals surface area (Å²) in [4.78, 5) is 11.5. The lowest BCUT2D eigenvalue weighted by Gasteiger charge is -2.15. The minimum Gasteiger partial charge on any atom is -0.497 e. The predicted octanol–water partition coefficient (Wildman–Crippen LogP) is 2.95. The van der Waals surface area contributed by atoms with E-state index in [0.29, 0.717) is 5.56 Å². The van der Waals surface area contributed by atoms with Gasteiger partial charge in [0.15, 0.2) is 0 Å². The van der Waals surface area contributed by atoms with Crippen LogP contribution in [0.2, 0.25) is 0 Å². The van der Waals surface area contributed by atoms with Crippen molar-refractivity contribution >= 4 is 5.91 Å². The summed E-state index contributed by atoms with van der Waals surface area (Å²) in [6, 6.07) is 15.3. The number of benzene rings is 2. The standard InChI is InChI=1S/C16H17NO2/c1-11(12-7-9-13(19-2)10-8-12)14-5-3-4-6-15(14)16(17)18/h3-11H,1-2H3,(H2,17,18)/t11-/m1/s1. The first-order valence-corrected chi connectivity index (χ1v) is 6.16. The average molecular weight is 255 g/mol. The summed E-state index contributed by atoms with van der Waals surface area (Å²) in [5.41, 5.74) is 8.06. The minimum atomic E-state index is -0.393. The Kier molecular flexibility index (Phi) is 3.85. The van der Waals surface area contributed by atoms with Crippen molar-refractivity contribution in [3.05, 3.63) is 65.2 Å². The first kappa shape index (κ1) is 13.1. The molecule has 19 heavy (non-hydrogen) atoms. The molecule has 0 bridgehead atoms. The van der Waals surface area contributed by atoms with E-state index in [1.807, 2.05) is 42.5 Å². The van der Waals surface area contributed by atoms with Crippen molar-refractivity contribution in [2.24, 2.45) is 5.73 Å². The minimum absolute atomic E-state index is 0.106. The van der Waals surface area contributed by atoms with E-state index in [9.17, 15) is 4.79 Å². The van der Waals surface area contributed by atoms with Crippen molar-refractivity contribution in [3.63, 3.8) is 0 Å². The van der Waals surface area contributed by atoms with Gasteiger partial charge in [-0.25, -0.2) is 0 Å². The van der Waals surface area contributed by atoms with Crippen LogP contribution in [0, 0.1) is 0 Å². The molecule has 2 aromatic rings. The van der Waals surface area contributed by atoms with Gasteiger partial charge in [-0.2, -0.15) is 0 Å². The first-order chi connectivity index (χ1) is 9.13. The second kappa shape index (κ2) is 5.57. The average Bonchev–Trinajstić information content (AvgIpc) is 2.46. The van der Waals surface area contributed by atoms with Gasteiger partial charge in [-0.05, 0) is 29.3 Å². The van der Waals surface area contributed by atoms with Gasteiger partial charge in [-0.1, -0.05) is 37.3 Å². The van der Waals surface area contributed by atoms with Crippen LogP contribution in [-0.2, 0) is 0 Å². The lowest BCUT2D eigenvalue weighted by atomic mass is 9.89. The van der Waals surface area contributed by atoms with Crippen molar-refractivity contribution in [1.82, 2.24) is 0 Å². The molecule has 1 amide bonds. The molecule has 1 atom stereocenters. The highest BCUT2D eigenvalue weighted by molar-refractivity contribution is 5.94. The summed E-state index contributed by atoms with van der Waals surface area (Å²) in [7, 11) is 1.64. The summed E-state index contributed by atoms with van der Waals surface area (Å²) < 4.78 is 5.14. The highest BCUT2D eigenvalue weighted by Crippen LogP contribution is 2.28. The summed E-state index contributed by atoms with van der Waals surface area (Å²) >= 11 is 0. The van der Waals surface area contributed by atoms with E-state index in [0.717, 1.165) is 16.9 Å². The number of hydrogen-bond donors (Lipinski definition) is 1. The molecule has 0 aliphatic heterocycles. The number of hydrogen-bond acceptors (Lipinski definition) is 2. The van der Waals surface area contributed by atoms with Crippen molar-refractivity contribution < 1.29 is 9.53 Å². The lowest BCUT2D eigenvalue weighted by molar-refractivity contribution is 0.0999. The van der Waals surface area contributed by atoms with Crippen LogP contribution in [-0.4, -0.2) is 13.0 Å². The zero-order chi connectivity index (χ0) is 13.8. The van der Waals surface area contributed by atoms with Gasteiger partial charge >= 0.3 is 0 Å². The molecule has 3 heteroatoms. The summed E-state index contributed by atoms with van der Waals surface area (Å²) in [5, 5.41) is 0. The van der Waals surface area contributed by atoms with Crippen LogP contribution in [0.25, 0.3) is 0 Å². The molecule has 0 spiro atoms. The Bertz CT molecular complexity index is 576. The smallest absolute Gasteiger partial charge is 0.248 e. The Hall–Kier alpha value is -2.29. The molecule has 3 nitrogen and oxygen atoms in total. The third-order valence-electron chi connectivity index (χ3n) is 3.31. The quantitative estimate of drug-likeness (QED) is 0.913. The second-order valence-corrected chi connectivity index (χ2v) is 4.45. The molecular formula is C16H17NO2. The molecule has 2 N–H and O–H groups in total. The van der Waals surface area contributed by atoms with E-state index >= 15 is 0 Å². The fourth-order valence-electron chi connectivity index (χ4n) is 2.17. The number of amides is 1. The maximum Gasteiger partial charge on any atom is 0.248 e. The fraction of sp³-hybridized carbons (Fsp3) is 0.188. The highest BCUT2D eigenvalue weighted by Gasteiger charge is 2.15. The summed E-state index contributed by atoms with van der Waals surface area (Å²) in [6.07, 6.45) is 0. The molecule has 0 aliphatic carbocycles. The molecule has 98 valence electrons. The zero-order valence-corrected chi connectivity index (χ0v) is 11.1. The molecule has 0 aliphatic rings. The van der Waals surface area contributed by atoms with Crippen LogP contribution in [0.4, 0.5) is 0 Å². The third kappa shape index (κ3) is 2.76. The van der Waals surface area contributed by atoms with Gasteiger partial charge in [0, 0.05) is 11.5 Å². The van der Waals surface area contributed by atoms with Gasteiger partial charge in [0.25, 0.3) is 0 Å². The van der Waals surface area contributed by atoms with E-state index in [4.69, 9.17) is 10.5 Å². The number of methoxy groups -OCH3 is 1. The number of primary amides is 1. The van der Waals surface area contributed by atoms with Gasteiger partial charge in [0.1, 0.15) is 5.75 Å². The number of rotatable bonds is 4. The van der Waals surface area contributed by atoms with E-state index in [1.165, 1.54) is 0 Å². The van der Waals surface area contributed by atoms with E-state index < -0.39 is 5.91 Å². The molecular weight excluding hydrogens is 238 g/mol. The molecule has 0 radical (unpaired) electrons. The van der Waals surface area contributed by atoms with Crippen molar-refractivity contribution in [1.29, 1.82) is 0 Å². The molecule has 0 heterocycles. The van der Waals surface area contributed by atoms with Crippen molar-refractivity contribution in [3.8, 4) is 5.75 Å². The number of ether oxygens (including phenoxy) is 1.